The molecule has 144 valence electrons. The summed E-state index contributed by atoms with van der Waals surface area (Å²) in [5, 5.41) is 10.1. The molecule has 0 aliphatic carbocycles. The van der Waals surface area contributed by atoms with Crippen LogP contribution in [-0.2, 0) is 18.9 Å². The molecule has 1 aliphatic rings. The van der Waals surface area contributed by atoms with E-state index in [1.807, 2.05) is 66.7 Å². The molecule has 3 rings (SSSR count). The Morgan fingerprint density at radius 2 is 1.57 bits per heavy atom. The van der Waals surface area contributed by atoms with Gasteiger partial charge in [-0.25, -0.2) is 0 Å². The van der Waals surface area contributed by atoms with E-state index in [1.165, 1.54) is 14.2 Å². The third-order valence-electron chi connectivity index (χ3n) is 4.87. The van der Waals surface area contributed by atoms with Crippen LogP contribution in [0.25, 0.3) is 5.76 Å². The van der Waals surface area contributed by atoms with E-state index in [2.05, 4.69) is 6.07 Å². The first kappa shape index (κ1) is 19.7. The Labute approximate surface area is 165 Å². The average molecular weight is 377 g/mol. The second kappa shape index (κ2) is 8.75. The lowest BCUT2D eigenvalue weighted by Gasteiger charge is -2.44. The van der Waals surface area contributed by atoms with Crippen molar-refractivity contribution >= 4 is 5.76 Å². The highest BCUT2D eigenvalue weighted by atomic mass is 16.9. The lowest BCUT2D eigenvalue weighted by atomic mass is 9.76. The van der Waals surface area contributed by atoms with Crippen LogP contribution in [0.1, 0.15) is 17.0 Å². The van der Waals surface area contributed by atoms with Crippen molar-refractivity contribution in [3.05, 3.63) is 89.7 Å². The Morgan fingerprint density at radius 1 is 0.964 bits per heavy atom. The van der Waals surface area contributed by atoms with Crippen molar-refractivity contribution in [1.82, 2.24) is 0 Å². The second-order valence-corrected chi connectivity index (χ2v) is 6.31. The molecule has 2 aromatic carbocycles. The summed E-state index contributed by atoms with van der Waals surface area (Å²) in [6.07, 6.45) is 3.36. The summed E-state index contributed by atoms with van der Waals surface area (Å²) in [5.41, 5.74) is 2.25. The summed E-state index contributed by atoms with van der Waals surface area (Å²) in [7, 11) is 4.62. The van der Waals surface area contributed by atoms with E-state index < -0.39 is 11.9 Å². The standard InChI is InChI=1S/C23H23NO4/c1-25-15-14-20-21(17-10-6-4-7-11-17)19(16-24)22(18-12-8-5-9-13-18)28-23(20,26-2)27-3/h4-15,20-21H,1-3H3/b15-14+/t20-,21+/m0/s1. The predicted octanol–water partition coefficient (Wildman–Crippen LogP) is 4.46. The van der Waals surface area contributed by atoms with Crippen LogP contribution in [0.15, 0.2) is 78.6 Å². The first-order valence-corrected chi connectivity index (χ1v) is 8.94. The second-order valence-electron chi connectivity index (χ2n) is 6.31. The van der Waals surface area contributed by atoms with Crippen molar-refractivity contribution in [1.29, 1.82) is 5.26 Å². The number of benzene rings is 2. The number of rotatable bonds is 6. The van der Waals surface area contributed by atoms with Gasteiger partial charge in [-0.05, 0) is 11.6 Å². The normalized spacial score (nSPS) is 21.2. The molecular formula is C23H23NO4. The highest BCUT2D eigenvalue weighted by Crippen LogP contribution is 2.50. The maximum atomic E-state index is 10.1. The molecule has 5 nitrogen and oxygen atoms in total. The average Bonchev–Trinajstić information content (AvgIpc) is 2.77. The van der Waals surface area contributed by atoms with Gasteiger partial charge in [-0.3, -0.25) is 0 Å². The van der Waals surface area contributed by atoms with Crippen molar-refractivity contribution in [2.45, 2.75) is 11.9 Å². The summed E-state index contributed by atoms with van der Waals surface area (Å²) >= 11 is 0. The number of hydrogen-bond donors (Lipinski definition) is 0. The van der Waals surface area contributed by atoms with Crippen LogP contribution in [0, 0.1) is 17.2 Å². The monoisotopic (exact) mass is 377 g/mol. The Hall–Kier alpha value is -3.07. The highest BCUT2D eigenvalue weighted by molar-refractivity contribution is 5.70. The third kappa shape index (κ3) is 3.53. The molecule has 0 saturated heterocycles. The van der Waals surface area contributed by atoms with Gasteiger partial charge in [0.25, 0.3) is 0 Å². The van der Waals surface area contributed by atoms with Gasteiger partial charge >= 0.3 is 5.97 Å². The smallest absolute Gasteiger partial charge is 0.334 e. The molecule has 0 aromatic heterocycles. The molecule has 2 atom stereocenters. The van der Waals surface area contributed by atoms with Gasteiger partial charge in [-0.15, -0.1) is 0 Å². The van der Waals surface area contributed by atoms with Crippen LogP contribution in [0.4, 0.5) is 0 Å². The van der Waals surface area contributed by atoms with Gasteiger partial charge in [0.05, 0.1) is 30.9 Å². The molecule has 0 N–H and O–H groups in total. The third-order valence-corrected chi connectivity index (χ3v) is 4.87. The van der Waals surface area contributed by atoms with Crippen LogP contribution >= 0.6 is 0 Å². The quantitative estimate of drug-likeness (QED) is 0.549. The van der Waals surface area contributed by atoms with Gasteiger partial charge in [-0.1, -0.05) is 60.7 Å². The van der Waals surface area contributed by atoms with Gasteiger partial charge in [0.15, 0.2) is 0 Å². The summed E-state index contributed by atoms with van der Waals surface area (Å²) < 4.78 is 22.9. The van der Waals surface area contributed by atoms with Crippen LogP contribution in [0.2, 0.25) is 0 Å². The summed E-state index contributed by atoms with van der Waals surface area (Å²) in [5.74, 6) is -1.77. The molecule has 28 heavy (non-hydrogen) atoms. The fourth-order valence-electron chi connectivity index (χ4n) is 3.58. The first-order chi connectivity index (χ1) is 13.7. The number of methoxy groups -OCH3 is 3. The molecule has 0 unspecified atom stereocenters. The largest absolute Gasteiger partial charge is 0.505 e. The Morgan fingerprint density at radius 3 is 2.11 bits per heavy atom. The molecule has 0 spiro atoms. The molecule has 5 heteroatoms. The number of nitrogens with zero attached hydrogens (tertiary/aromatic N) is 1. The van der Waals surface area contributed by atoms with E-state index in [0.717, 1.165) is 11.1 Å². The SMILES string of the molecule is CO/C=C/[C@H]1[C@H](c2ccccc2)C(C#N)=C(c2ccccc2)OC1(OC)OC. The molecule has 1 aliphatic heterocycles. The van der Waals surface area contributed by atoms with E-state index in [9.17, 15) is 5.26 Å². The molecule has 0 radical (unpaired) electrons. The molecule has 2 aromatic rings. The molecule has 0 bridgehead atoms. The number of ether oxygens (including phenoxy) is 4. The van der Waals surface area contributed by atoms with Crippen molar-refractivity contribution in [3.8, 4) is 6.07 Å². The molecule has 0 fully saturated rings. The maximum Gasteiger partial charge on any atom is 0.334 e. The van der Waals surface area contributed by atoms with Gasteiger partial charge in [0.2, 0.25) is 0 Å². The van der Waals surface area contributed by atoms with Crippen LogP contribution < -0.4 is 0 Å². The predicted molar refractivity (Wildman–Crippen MR) is 106 cm³/mol. The van der Waals surface area contributed by atoms with Gasteiger partial charge in [-0.2, -0.15) is 5.26 Å². The zero-order chi connectivity index (χ0) is 20.0. The minimum atomic E-state index is -1.42. The van der Waals surface area contributed by atoms with E-state index in [-0.39, 0.29) is 5.92 Å². The van der Waals surface area contributed by atoms with Gasteiger partial charge in [0, 0.05) is 25.7 Å². The fraction of sp³-hybridized carbons (Fsp3) is 0.261. The van der Waals surface area contributed by atoms with Crippen molar-refractivity contribution in [2.24, 2.45) is 5.92 Å². The van der Waals surface area contributed by atoms with Gasteiger partial charge in [0.1, 0.15) is 5.76 Å². The fourth-order valence-corrected chi connectivity index (χ4v) is 3.58. The minimum absolute atomic E-state index is 0.346. The van der Waals surface area contributed by atoms with E-state index in [4.69, 9.17) is 18.9 Å². The molecule has 1 heterocycles. The first-order valence-electron chi connectivity index (χ1n) is 8.94. The Kier molecular flexibility index (Phi) is 6.15. The van der Waals surface area contributed by atoms with E-state index in [1.54, 1.807) is 13.4 Å². The minimum Gasteiger partial charge on any atom is -0.505 e. The van der Waals surface area contributed by atoms with Crippen LogP contribution in [0.5, 0.6) is 0 Å². The Balaban J connectivity index is 2.29. The van der Waals surface area contributed by atoms with Crippen molar-refractivity contribution in [2.75, 3.05) is 21.3 Å². The summed E-state index contributed by atoms with van der Waals surface area (Å²) in [6.45, 7) is 0. The van der Waals surface area contributed by atoms with Gasteiger partial charge < -0.3 is 18.9 Å². The molecule has 0 amide bonds. The lowest BCUT2D eigenvalue weighted by molar-refractivity contribution is -0.361. The summed E-state index contributed by atoms with van der Waals surface area (Å²) in [4.78, 5) is 0. The van der Waals surface area contributed by atoms with E-state index >= 15 is 0 Å². The molecular weight excluding hydrogens is 354 g/mol. The zero-order valence-electron chi connectivity index (χ0n) is 16.2. The van der Waals surface area contributed by atoms with Crippen molar-refractivity contribution < 1.29 is 18.9 Å². The summed E-state index contributed by atoms with van der Waals surface area (Å²) in [6, 6.07) is 21.7. The van der Waals surface area contributed by atoms with Crippen molar-refractivity contribution in [3.63, 3.8) is 0 Å². The topological polar surface area (TPSA) is 60.7 Å². The number of hydrogen-bond acceptors (Lipinski definition) is 5. The number of nitriles is 1. The van der Waals surface area contributed by atoms with Crippen LogP contribution in [-0.4, -0.2) is 27.3 Å². The Bertz CT molecular complexity index is 880. The van der Waals surface area contributed by atoms with Crippen LogP contribution in [0.3, 0.4) is 0 Å². The zero-order valence-corrected chi connectivity index (χ0v) is 16.2. The lowest BCUT2D eigenvalue weighted by Crippen LogP contribution is -2.49. The van der Waals surface area contributed by atoms with E-state index in [0.29, 0.717) is 11.3 Å². The maximum absolute atomic E-state index is 10.1. The molecule has 0 saturated carbocycles. The number of allylic oxidation sites excluding steroid dienone is 1. The highest BCUT2D eigenvalue weighted by Gasteiger charge is 2.52.